The van der Waals surface area contributed by atoms with Crippen molar-refractivity contribution in [2.45, 2.75) is 30.7 Å². The molecule has 1 unspecified atom stereocenters. The van der Waals surface area contributed by atoms with E-state index in [9.17, 15) is 0 Å². The molecule has 0 aliphatic heterocycles. The number of methoxy groups -OCH3 is 1. The fourth-order valence-electron chi connectivity index (χ4n) is 1.52. The van der Waals surface area contributed by atoms with E-state index in [1.54, 1.807) is 18.9 Å². The summed E-state index contributed by atoms with van der Waals surface area (Å²) in [7, 11) is 1.73. The van der Waals surface area contributed by atoms with E-state index >= 15 is 0 Å². The molecule has 0 saturated heterocycles. The Morgan fingerprint density at radius 3 is 2.82 bits per heavy atom. The van der Waals surface area contributed by atoms with Crippen LogP contribution in [0.25, 0.3) is 0 Å². The van der Waals surface area contributed by atoms with Gasteiger partial charge < -0.3 is 10.5 Å². The van der Waals surface area contributed by atoms with Crippen molar-refractivity contribution in [3.8, 4) is 0 Å². The van der Waals surface area contributed by atoms with Crippen molar-refractivity contribution in [3.63, 3.8) is 0 Å². The molecule has 2 nitrogen and oxygen atoms in total. The fraction of sp³-hybridized carbons (Fsp3) is 0.538. The second-order valence-electron chi connectivity index (χ2n) is 4.13. The Bertz CT molecular complexity index is 344. The van der Waals surface area contributed by atoms with Gasteiger partial charge >= 0.3 is 0 Å². The van der Waals surface area contributed by atoms with E-state index in [1.165, 1.54) is 4.90 Å². The summed E-state index contributed by atoms with van der Waals surface area (Å²) in [4.78, 5) is 1.21. The molecule has 0 spiro atoms. The third-order valence-electron chi connectivity index (χ3n) is 2.33. The van der Waals surface area contributed by atoms with Crippen LogP contribution in [0.4, 0.5) is 0 Å². The Hall–Kier alpha value is -0.220. The third-order valence-corrected chi connectivity index (χ3v) is 3.76. The molecule has 0 bridgehead atoms. The number of hydrogen-bond acceptors (Lipinski definition) is 3. The highest BCUT2D eigenvalue weighted by Crippen LogP contribution is 2.26. The molecule has 1 aromatic rings. The first-order valence-corrected chi connectivity index (χ1v) is 7.15. The van der Waals surface area contributed by atoms with Crippen molar-refractivity contribution in [2.75, 3.05) is 19.5 Å². The summed E-state index contributed by atoms with van der Waals surface area (Å²) in [5.41, 5.74) is 6.89. The topological polar surface area (TPSA) is 35.2 Å². The number of nitrogens with two attached hydrogens (primary N) is 1. The highest BCUT2D eigenvalue weighted by Gasteiger charge is 2.04. The molecule has 0 heterocycles. The lowest BCUT2D eigenvalue weighted by molar-refractivity contribution is 0.200. The van der Waals surface area contributed by atoms with Gasteiger partial charge in [-0.2, -0.15) is 0 Å². The van der Waals surface area contributed by atoms with Crippen LogP contribution < -0.4 is 5.73 Å². The second-order valence-corrected chi connectivity index (χ2v) is 5.70. The minimum Gasteiger partial charge on any atom is -0.385 e. The summed E-state index contributed by atoms with van der Waals surface area (Å²) in [6, 6.07) is 6.36. The molecule has 1 aromatic carbocycles. The van der Waals surface area contributed by atoms with Gasteiger partial charge in [0.1, 0.15) is 0 Å². The van der Waals surface area contributed by atoms with E-state index in [2.05, 4.69) is 12.1 Å². The first-order valence-electron chi connectivity index (χ1n) is 5.79. The van der Waals surface area contributed by atoms with Gasteiger partial charge in [0.05, 0.1) is 0 Å². The zero-order valence-electron chi connectivity index (χ0n) is 10.4. The van der Waals surface area contributed by atoms with Gasteiger partial charge in [-0.25, -0.2) is 0 Å². The summed E-state index contributed by atoms with van der Waals surface area (Å²) in [5.74, 6) is 1.05. The lowest BCUT2D eigenvalue weighted by Gasteiger charge is -2.09. The SMILES string of the molecule is COCCCSc1ccc(CC(C)N)c(Cl)c1. The highest BCUT2D eigenvalue weighted by atomic mass is 35.5. The van der Waals surface area contributed by atoms with Crippen LogP contribution in [-0.2, 0) is 11.2 Å². The largest absolute Gasteiger partial charge is 0.385 e. The lowest BCUT2D eigenvalue weighted by atomic mass is 10.1. The Morgan fingerprint density at radius 2 is 2.24 bits per heavy atom. The molecule has 0 amide bonds. The summed E-state index contributed by atoms with van der Waals surface area (Å²) >= 11 is 8.03. The molecule has 1 rings (SSSR count). The summed E-state index contributed by atoms with van der Waals surface area (Å²) in [6.45, 7) is 2.80. The first-order chi connectivity index (χ1) is 8.13. The quantitative estimate of drug-likeness (QED) is 0.611. The molecule has 1 atom stereocenters. The maximum absolute atomic E-state index is 6.22. The highest BCUT2D eigenvalue weighted by molar-refractivity contribution is 7.99. The molecule has 96 valence electrons. The van der Waals surface area contributed by atoms with Crippen LogP contribution in [0.5, 0.6) is 0 Å². The predicted octanol–water partition coefficient (Wildman–Crippen LogP) is 3.36. The zero-order chi connectivity index (χ0) is 12.7. The van der Waals surface area contributed by atoms with Gasteiger partial charge in [-0.05, 0) is 37.5 Å². The van der Waals surface area contributed by atoms with Crippen molar-refractivity contribution >= 4 is 23.4 Å². The minimum absolute atomic E-state index is 0.146. The van der Waals surface area contributed by atoms with Gasteiger partial charge in [-0.15, -0.1) is 11.8 Å². The number of hydrogen-bond donors (Lipinski definition) is 1. The van der Waals surface area contributed by atoms with Gasteiger partial charge in [0.15, 0.2) is 0 Å². The summed E-state index contributed by atoms with van der Waals surface area (Å²) in [6.07, 6.45) is 1.88. The van der Waals surface area contributed by atoms with E-state index in [1.807, 2.05) is 13.0 Å². The molecule has 0 radical (unpaired) electrons. The van der Waals surface area contributed by atoms with Crippen molar-refractivity contribution in [3.05, 3.63) is 28.8 Å². The van der Waals surface area contributed by atoms with Gasteiger partial charge in [0.25, 0.3) is 0 Å². The normalized spacial score (nSPS) is 12.7. The zero-order valence-corrected chi connectivity index (χ0v) is 12.0. The van der Waals surface area contributed by atoms with E-state index in [4.69, 9.17) is 22.1 Å². The molecular weight excluding hydrogens is 254 g/mol. The Balaban J connectivity index is 2.50. The third kappa shape index (κ3) is 5.77. The van der Waals surface area contributed by atoms with Crippen LogP contribution in [0.3, 0.4) is 0 Å². The number of thioether (sulfide) groups is 1. The molecule has 17 heavy (non-hydrogen) atoms. The maximum atomic E-state index is 6.22. The van der Waals surface area contributed by atoms with Gasteiger partial charge in [-0.3, -0.25) is 0 Å². The molecule has 0 fully saturated rings. The second kappa shape index (κ2) is 7.98. The molecule has 0 saturated carbocycles. The minimum atomic E-state index is 0.146. The standard InChI is InChI=1S/C13H20ClNOS/c1-10(15)8-11-4-5-12(9-13(11)14)17-7-3-6-16-2/h4-5,9-10H,3,6-8,15H2,1-2H3. The van der Waals surface area contributed by atoms with Crippen LogP contribution in [-0.4, -0.2) is 25.5 Å². The summed E-state index contributed by atoms with van der Waals surface area (Å²) < 4.78 is 5.01. The van der Waals surface area contributed by atoms with Gasteiger partial charge in [-0.1, -0.05) is 17.7 Å². The Morgan fingerprint density at radius 1 is 1.47 bits per heavy atom. The Kier molecular flexibility index (Phi) is 6.97. The summed E-state index contributed by atoms with van der Waals surface area (Å²) in [5, 5.41) is 0.819. The number of halogens is 1. The van der Waals surface area contributed by atoms with Crippen molar-refractivity contribution in [1.29, 1.82) is 0 Å². The number of rotatable bonds is 7. The smallest absolute Gasteiger partial charge is 0.0470 e. The lowest BCUT2D eigenvalue weighted by Crippen LogP contribution is -2.17. The average molecular weight is 274 g/mol. The molecule has 2 N–H and O–H groups in total. The van der Waals surface area contributed by atoms with Crippen LogP contribution >= 0.6 is 23.4 Å². The molecule has 4 heteroatoms. The molecule has 0 aliphatic rings. The number of benzene rings is 1. The van der Waals surface area contributed by atoms with Crippen LogP contribution in [0.2, 0.25) is 5.02 Å². The first kappa shape index (κ1) is 14.8. The van der Waals surface area contributed by atoms with Gasteiger partial charge in [0, 0.05) is 35.4 Å². The van der Waals surface area contributed by atoms with Crippen LogP contribution in [0.1, 0.15) is 18.9 Å². The Labute approximate surface area is 113 Å². The monoisotopic (exact) mass is 273 g/mol. The number of ether oxygens (including phenoxy) is 1. The van der Waals surface area contributed by atoms with E-state index in [0.29, 0.717) is 0 Å². The fourth-order valence-corrected chi connectivity index (χ4v) is 2.71. The average Bonchev–Trinajstić information content (AvgIpc) is 2.27. The molecular formula is C13H20ClNOS. The van der Waals surface area contributed by atoms with E-state index < -0.39 is 0 Å². The van der Waals surface area contributed by atoms with Crippen molar-refractivity contribution < 1.29 is 4.74 Å². The maximum Gasteiger partial charge on any atom is 0.0470 e. The molecule has 0 aromatic heterocycles. The van der Waals surface area contributed by atoms with Gasteiger partial charge in [0.2, 0.25) is 0 Å². The van der Waals surface area contributed by atoms with E-state index in [0.717, 1.165) is 35.8 Å². The van der Waals surface area contributed by atoms with Crippen LogP contribution in [0.15, 0.2) is 23.1 Å². The van der Waals surface area contributed by atoms with E-state index in [-0.39, 0.29) is 6.04 Å². The predicted molar refractivity (Wildman–Crippen MR) is 76.0 cm³/mol. The molecule has 0 aliphatic carbocycles. The van der Waals surface area contributed by atoms with Crippen LogP contribution in [0, 0.1) is 0 Å². The van der Waals surface area contributed by atoms with Crippen molar-refractivity contribution in [1.82, 2.24) is 0 Å². The van der Waals surface area contributed by atoms with Crippen molar-refractivity contribution in [2.24, 2.45) is 5.73 Å².